The van der Waals surface area contributed by atoms with Crippen LogP contribution in [-0.4, -0.2) is 42.9 Å². The van der Waals surface area contributed by atoms with Crippen LogP contribution in [0.3, 0.4) is 0 Å². The number of hydrogen-bond donors (Lipinski definition) is 1. The SMILES string of the molecule is CN(C[C@@H]1CCCCO1)[C@H](CCO)c1ccccc1. The van der Waals surface area contributed by atoms with Gasteiger partial charge in [-0.05, 0) is 38.3 Å². The first kappa shape index (κ1) is 14.5. The number of nitrogens with zero attached hydrogens (tertiary/aromatic N) is 1. The lowest BCUT2D eigenvalue weighted by Crippen LogP contribution is -2.36. The van der Waals surface area contributed by atoms with Crippen molar-refractivity contribution in [2.24, 2.45) is 0 Å². The fourth-order valence-electron chi connectivity index (χ4n) is 2.84. The van der Waals surface area contributed by atoms with E-state index in [0.717, 1.165) is 26.0 Å². The summed E-state index contributed by atoms with van der Waals surface area (Å²) in [6.07, 6.45) is 4.75. The molecule has 1 saturated heterocycles. The van der Waals surface area contributed by atoms with Gasteiger partial charge in [0.1, 0.15) is 0 Å². The van der Waals surface area contributed by atoms with E-state index in [4.69, 9.17) is 4.74 Å². The number of hydrogen-bond acceptors (Lipinski definition) is 3. The second kappa shape index (κ2) is 7.63. The fourth-order valence-corrected chi connectivity index (χ4v) is 2.84. The molecule has 1 aromatic rings. The monoisotopic (exact) mass is 263 g/mol. The second-order valence-electron chi connectivity index (χ2n) is 5.37. The van der Waals surface area contributed by atoms with Gasteiger partial charge in [0.25, 0.3) is 0 Å². The number of aliphatic hydroxyl groups is 1. The number of rotatable bonds is 6. The highest BCUT2D eigenvalue weighted by atomic mass is 16.5. The first-order valence-corrected chi connectivity index (χ1v) is 7.29. The minimum absolute atomic E-state index is 0.218. The number of ether oxygens (including phenoxy) is 1. The van der Waals surface area contributed by atoms with Crippen molar-refractivity contribution in [1.29, 1.82) is 0 Å². The molecule has 3 heteroatoms. The standard InChI is InChI=1S/C16H25NO2/c1-17(13-15-9-5-6-12-19-15)16(10-11-18)14-7-3-2-4-8-14/h2-4,7-8,15-16,18H,5-6,9-13H2,1H3/t15-,16+/m0/s1. The zero-order valence-electron chi connectivity index (χ0n) is 11.8. The summed E-state index contributed by atoms with van der Waals surface area (Å²) in [6, 6.07) is 10.7. The van der Waals surface area contributed by atoms with Gasteiger partial charge >= 0.3 is 0 Å². The molecule has 0 bridgehead atoms. The van der Waals surface area contributed by atoms with E-state index in [9.17, 15) is 5.11 Å². The molecule has 1 fully saturated rings. The van der Waals surface area contributed by atoms with Crippen LogP contribution in [0.25, 0.3) is 0 Å². The van der Waals surface area contributed by atoms with Gasteiger partial charge in [0.05, 0.1) is 6.10 Å². The Hall–Kier alpha value is -0.900. The molecular formula is C16H25NO2. The summed E-state index contributed by atoms with van der Waals surface area (Å²) in [4.78, 5) is 2.32. The summed E-state index contributed by atoms with van der Waals surface area (Å²) in [5, 5.41) is 9.29. The van der Waals surface area contributed by atoms with Gasteiger partial charge < -0.3 is 9.84 Å². The molecule has 0 amide bonds. The number of benzene rings is 1. The highest BCUT2D eigenvalue weighted by Gasteiger charge is 2.21. The van der Waals surface area contributed by atoms with E-state index in [0.29, 0.717) is 6.10 Å². The zero-order valence-corrected chi connectivity index (χ0v) is 11.8. The normalized spacial score (nSPS) is 21.5. The van der Waals surface area contributed by atoms with E-state index < -0.39 is 0 Å². The molecule has 0 unspecified atom stereocenters. The van der Waals surface area contributed by atoms with E-state index in [2.05, 4.69) is 36.2 Å². The number of aliphatic hydroxyl groups excluding tert-OH is 1. The first-order chi connectivity index (χ1) is 9.31. The van der Waals surface area contributed by atoms with Crippen LogP contribution in [0.1, 0.15) is 37.3 Å². The van der Waals surface area contributed by atoms with Gasteiger partial charge in [-0.1, -0.05) is 30.3 Å². The highest BCUT2D eigenvalue weighted by Crippen LogP contribution is 2.24. The Morgan fingerprint density at radius 1 is 1.32 bits per heavy atom. The molecule has 1 heterocycles. The summed E-state index contributed by atoms with van der Waals surface area (Å²) in [6.45, 7) is 2.06. The van der Waals surface area contributed by atoms with Crippen LogP contribution in [0.15, 0.2) is 30.3 Å². The van der Waals surface area contributed by atoms with Crippen LogP contribution in [0.4, 0.5) is 0 Å². The van der Waals surface area contributed by atoms with Gasteiger partial charge in [-0.25, -0.2) is 0 Å². The molecule has 1 aromatic carbocycles. The van der Waals surface area contributed by atoms with Crippen LogP contribution in [0.2, 0.25) is 0 Å². The Morgan fingerprint density at radius 2 is 2.11 bits per heavy atom. The quantitative estimate of drug-likeness (QED) is 0.856. The van der Waals surface area contributed by atoms with E-state index >= 15 is 0 Å². The topological polar surface area (TPSA) is 32.7 Å². The van der Waals surface area contributed by atoms with Crippen molar-refractivity contribution in [3.63, 3.8) is 0 Å². The Kier molecular flexibility index (Phi) is 5.83. The predicted molar refractivity (Wildman–Crippen MR) is 77.1 cm³/mol. The summed E-state index contributed by atoms with van der Waals surface area (Å²) < 4.78 is 5.81. The lowest BCUT2D eigenvalue weighted by molar-refractivity contribution is -0.0101. The van der Waals surface area contributed by atoms with E-state index in [1.54, 1.807) is 0 Å². The molecule has 0 aliphatic carbocycles. The van der Waals surface area contributed by atoms with Crippen LogP contribution in [0, 0.1) is 0 Å². The van der Waals surface area contributed by atoms with Gasteiger partial charge in [0, 0.05) is 25.8 Å². The van der Waals surface area contributed by atoms with Gasteiger partial charge in [0.2, 0.25) is 0 Å². The Balaban J connectivity index is 1.97. The summed E-state index contributed by atoms with van der Waals surface area (Å²) in [5.41, 5.74) is 1.27. The molecule has 0 saturated carbocycles. The van der Waals surface area contributed by atoms with Crippen LogP contribution in [-0.2, 0) is 4.74 Å². The van der Waals surface area contributed by atoms with Crippen molar-refractivity contribution in [3.8, 4) is 0 Å². The first-order valence-electron chi connectivity index (χ1n) is 7.29. The summed E-state index contributed by atoms with van der Waals surface area (Å²) in [7, 11) is 2.13. The van der Waals surface area contributed by atoms with Crippen molar-refractivity contribution < 1.29 is 9.84 Å². The molecule has 2 rings (SSSR count). The molecule has 3 nitrogen and oxygen atoms in total. The number of likely N-dealkylation sites (N-methyl/N-ethyl adjacent to an activating group) is 1. The van der Waals surface area contributed by atoms with Crippen LogP contribution in [0.5, 0.6) is 0 Å². The largest absolute Gasteiger partial charge is 0.396 e. The van der Waals surface area contributed by atoms with Crippen molar-refractivity contribution in [3.05, 3.63) is 35.9 Å². The predicted octanol–water partition coefficient (Wildman–Crippen LogP) is 2.61. The highest BCUT2D eigenvalue weighted by molar-refractivity contribution is 5.19. The van der Waals surface area contributed by atoms with Crippen molar-refractivity contribution in [2.45, 2.75) is 37.8 Å². The molecule has 1 N–H and O–H groups in total. The Bertz CT molecular complexity index is 349. The maximum atomic E-state index is 9.29. The Labute approximate surface area is 116 Å². The summed E-state index contributed by atoms with van der Waals surface area (Å²) in [5.74, 6) is 0. The van der Waals surface area contributed by atoms with Gasteiger partial charge in [-0.2, -0.15) is 0 Å². The third-order valence-corrected chi connectivity index (χ3v) is 3.88. The molecule has 0 aromatic heterocycles. The minimum atomic E-state index is 0.218. The maximum Gasteiger partial charge on any atom is 0.0702 e. The summed E-state index contributed by atoms with van der Waals surface area (Å²) >= 11 is 0. The Morgan fingerprint density at radius 3 is 2.74 bits per heavy atom. The molecule has 0 spiro atoms. The molecular weight excluding hydrogens is 238 g/mol. The molecule has 2 atom stereocenters. The zero-order chi connectivity index (χ0) is 13.5. The molecule has 1 aliphatic heterocycles. The molecule has 19 heavy (non-hydrogen) atoms. The van der Waals surface area contributed by atoms with Crippen molar-refractivity contribution in [2.75, 3.05) is 26.8 Å². The molecule has 106 valence electrons. The van der Waals surface area contributed by atoms with E-state index in [-0.39, 0.29) is 12.6 Å². The van der Waals surface area contributed by atoms with Gasteiger partial charge in [-0.3, -0.25) is 4.90 Å². The van der Waals surface area contributed by atoms with E-state index in [1.807, 2.05) is 6.07 Å². The van der Waals surface area contributed by atoms with E-state index in [1.165, 1.54) is 18.4 Å². The molecule has 1 aliphatic rings. The van der Waals surface area contributed by atoms with Gasteiger partial charge in [-0.15, -0.1) is 0 Å². The maximum absolute atomic E-state index is 9.29. The third-order valence-electron chi connectivity index (χ3n) is 3.88. The fraction of sp³-hybridized carbons (Fsp3) is 0.625. The lowest BCUT2D eigenvalue weighted by atomic mass is 10.0. The lowest BCUT2D eigenvalue weighted by Gasteiger charge is -2.33. The van der Waals surface area contributed by atoms with Crippen LogP contribution < -0.4 is 0 Å². The van der Waals surface area contributed by atoms with Crippen LogP contribution >= 0.6 is 0 Å². The van der Waals surface area contributed by atoms with Crippen molar-refractivity contribution in [1.82, 2.24) is 4.90 Å². The minimum Gasteiger partial charge on any atom is -0.396 e. The second-order valence-corrected chi connectivity index (χ2v) is 5.37. The van der Waals surface area contributed by atoms with Gasteiger partial charge in [0.15, 0.2) is 0 Å². The average molecular weight is 263 g/mol. The molecule has 0 radical (unpaired) electrons. The third kappa shape index (κ3) is 4.30. The smallest absolute Gasteiger partial charge is 0.0702 e. The average Bonchev–Trinajstić information content (AvgIpc) is 2.46. The van der Waals surface area contributed by atoms with Crippen molar-refractivity contribution >= 4 is 0 Å².